The topological polar surface area (TPSA) is 98.6 Å². The van der Waals surface area contributed by atoms with Gasteiger partial charge in [0.15, 0.2) is 16.7 Å². The second-order valence-electron chi connectivity index (χ2n) is 5.11. The predicted molar refractivity (Wildman–Crippen MR) is 105 cm³/mol. The Balaban J connectivity index is 2.22. The Morgan fingerprint density at radius 1 is 1.37 bits per heavy atom. The number of nitrogens with zero attached hydrogens (tertiary/aromatic N) is 2. The van der Waals surface area contributed by atoms with Crippen molar-refractivity contribution in [3.8, 4) is 11.5 Å². The highest BCUT2D eigenvalue weighted by molar-refractivity contribution is 8.18. The number of nitrogens with one attached hydrogen (secondary N) is 1. The summed E-state index contributed by atoms with van der Waals surface area (Å²) in [7, 11) is 2.75. The lowest BCUT2D eigenvalue weighted by Gasteiger charge is -2.13. The van der Waals surface area contributed by atoms with E-state index in [-0.39, 0.29) is 10.1 Å². The molecule has 8 nitrogen and oxygen atoms in total. The molecule has 10 heteroatoms. The lowest BCUT2D eigenvalue weighted by molar-refractivity contribution is -0.135. The van der Waals surface area contributed by atoms with Crippen molar-refractivity contribution in [1.82, 2.24) is 5.32 Å². The van der Waals surface area contributed by atoms with E-state index < -0.39 is 11.9 Å². The maximum Gasteiger partial charge on any atom is 0.331 e. The molecule has 2 rings (SSSR count). The minimum atomic E-state index is -0.624. The number of carbonyl (C=O) groups excluding carboxylic acids is 2. The standard InChI is InChI=1S/C17H18ClN3O5S/c1-4-5-26-15-10(6-11(18)7-12(15)24-2)9-19-21-17-20-16(23)13(27-17)8-14(22)25-3/h6-9H,4-5H2,1-3H3,(H,20,21,23)/b13-8+,19-9?. The van der Waals surface area contributed by atoms with E-state index >= 15 is 0 Å². The molecule has 0 radical (unpaired) electrons. The fraction of sp³-hybridized carbons (Fsp3) is 0.294. The highest BCUT2D eigenvalue weighted by Crippen LogP contribution is 2.34. The van der Waals surface area contributed by atoms with Gasteiger partial charge in [0.1, 0.15) is 0 Å². The van der Waals surface area contributed by atoms with Crippen molar-refractivity contribution in [2.75, 3.05) is 20.8 Å². The Kier molecular flexibility index (Phi) is 7.68. The van der Waals surface area contributed by atoms with E-state index in [0.29, 0.717) is 28.7 Å². The molecule has 0 aromatic heterocycles. The van der Waals surface area contributed by atoms with Crippen LogP contribution >= 0.6 is 23.4 Å². The third kappa shape index (κ3) is 5.73. The number of rotatable bonds is 7. The van der Waals surface area contributed by atoms with Crippen LogP contribution in [0, 0.1) is 0 Å². The molecular formula is C17H18ClN3O5S. The summed E-state index contributed by atoms with van der Waals surface area (Å²) in [5, 5.41) is 11.1. The highest BCUT2D eigenvalue weighted by atomic mass is 35.5. The van der Waals surface area contributed by atoms with Crippen molar-refractivity contribution in [1.29, 1.82) is 0 Å². The predicted octanol–water partition coefficient (Wildman–Crippen LogP) is 2.75. The second kappa shape index (κ2) is 9.98. The van der Waals surface area contributed by atoms with Crippen LogP contribution < -0.4 is 14.8 Å². The van der Waals surface area contributed by atoms with Gasteiger partial charge in [-0.3, -0.25) is 10.1 Å². The van der Waals surface area contributed by atoms with Crippen molar-refractivity contribution in [3.63, 3.8) is 0 Å². The average Bonchev–Trinajstić information content (AvgIpc) is 2.99. The number of amides is 1. The van der Waals surface area contributed by atoms with Crippen LogP contribution in [0.1, 0.15) is 18.9 Å². The molecule has 1 aromatic rings. The van der Waals surface area contributed by atoms with Gasteiger partial charge in [-0.25, -0.2) is 4.79 Å². The third-order valence-electron chi connectivity index (χ3n) is 3.17. The zero-order valence-corrected chi connectivity index (χ0v) is 16.5. The molecule has 0 spiro atoms. The first-order chi connectivity index (χ1) is 13.0. The number of carbonyl (C=O) groups is 2. The van der Waals surface area contributed by atoms with Crippen LogP contribution in [-0.2, 0) is 14.3 Å². The Hall–Kier alpha value is -2.52. The van der Waals surface area contributed by atoms with Gasteiger partial charge in [0.05, 0.1) is 31.9 Å². The zero-order valence-electron chi connectivity index (χ0n) is 14.9. The molecule has 0 bridgehead atoms. The van der Waals surface area contributed by atoms with E-state index in [1.807, 2.05) is 6.92 Å². The lowest BCUT2D eigenvalue weighted by Crippen LogP contribution is -2.19. The van der Waals surface area contributed by atoms with Crippen LogP contribution in [0.3, 0.4) is 0 Å². The van der Waals surface area contributed by atoms with Crippen LogP contribution in [0.4, 0.5) is 0 Å². The monoisotopic (exact) mass is 411 g/mol. The molecule has 1 amide bonds. The summed E-state index contributed by atoms with van der Waals surface area (Å²) in [4.78, 5) is 23.2. The number of methoxy groups -OCH3 is 2. The third-order valence-corrected chi connectivity index (χ3v) is 4.28. The molecule has 1 saturated heterocycles. The smallest absolute Gasteiger partial charge is 0.331 e. The van der Waals surface area contributed by atoms with E-state index in [1.54, 1.807) is 12.1 Å². The Morgan fingerprint density at radius 3 is 2.81 bits per heavy atom. The van der Waals surface area contributed by atoms with Gasteiger partial charge in [-0.15, -0.1) is 5.10 Å². The molecule has 1 heterocycles. The van der Waals surface area contributed by atoms with Gasteiger partial charge in [-0.05, 0) is 24.2 Å². The minimum Gasteiger partial charge on any atom is -0.493 e. The van der Waals surface area contributed by atoms with E-state index in [9.17, 15) is 9.59 Å². The Bertz CT molecular complexity index is 823. The molecule has 0 unspecified atom stereocenters. The highest BCUT2D eigenvalue weighted by Gasteiger charge is 2.25. The van der Waals surface area contributed by atoms with Gasteiger partial charge in [-0.1, -0.05) is 18.5 Å². The normalized spacial score (nSPS) is 16.8. The number of ether oxygens (including phenoxy) is 3. The van der Waals surface area contributed by atoms with Gasteiger partial charge in [0.2, 0.25) is 0 Å². The molecule has 0 aliphatic carbocycles. The summed E-state index contributed by atoms with van der Waals surface area (Å²) in [5.74, 6) is -0.0872. The van der Waals surface area contributed by atoms with Crippen LogP contribution in [-0.4, -0.2) is 44.1 Å². The maximum atomic E-state index is 11.8. The van der Waals surface area contributed by atoms with Crippen LogP contribution in [0.2, 0.25) is 5.02 Å². The number of esters is 1. The van der Waals surface area contributed by atoms with Gasteiger partial charge >= 0.3 is 5.97 Å². The van der Waals surface area contributed by atoms with Crippen LogP contribution in [0.25, 0.3) is 0 Å². The van der Waals surface area contributed by atoms with Crippen LogP contribution in [0.15, 0.2) is 33.3 Å². The molecule has 1 aliphatic rings. The molecular weight excluding hydrogens is 394 g/mol. The fourth-order valence-corrected chi connectivity index (χ4v) is 2.94. The van der Waals surface area contributed by atoms with Crippen molar-refractivity contribution in [2.24, 2.45) is 10.2 Å². The first-order valence-corrected chi connectivity index (χ1v) is 9.08. The molecule has 1 aromatic carbocycles. The first-order valence-electron chi connectivity index (χ1n) is 7.88. The number of benzene rings is 1. The van der Waals surface area contributed by atoms with Crippen molar-refractivity contribution < 1.29 is 23.8 Å². The van der Waals surface area contributed by atoms with Gasteiger partial charge < -0.3 is 14.2 Å². The number of hydrogen-bond acceptors (Lipinski definition) is 8. The lowest BCUT2D eigenvalue weighted by atomic mass is 10.2. The molecule has 144 valence electrons. The van der Waals surface area contributed by atoms with Crippen molar-refractivity contribution >= 4 is 46.6 Å². The van der Waals surface area contributed by atoms with Crippen molar-refractivity contribution in [2.45, 2.75) is 13.3 Å². The first kappa shape index (κ1) is 20.8. The minimum absolute atomic E-state index is 0.173. The van der Waals surface area contributed by atoms with E-state index in [0.717, 1.165) is 24.3 Å². The molecule has 1 aliphatic heterocycles. The van der Waals surface area contributed by atoms with Crippen molar-refractivity contribution in [3.05, 3.63) is 33.7 Å². The molecule has 1 N–H and O–H groups in total. The van der Waals surface area contributed by atoms with Gasteiger partial charge in [0.25, 0.3) is 5.91 Å². The summed E-state index contributed by atoms with van der Waals surface area (Å²) in [6.07, 6.45) is 3.36. The zero-order chi connectivity index (χ0) is 19.8. The largest absolute Gasteiger partial charge is 0.493 e. The summed E-state index contributed by atoms with van der Waals surface area (Å²) in [6.45, 7) is 2.49. The quantitative estimate of drug-likeness (QED) is 0.320. The number of halogens is 1. The summed E-state index contributed by atoms with van der Waals surface area (Å²) in [5.41, 5.74) is 0.580. The van der Waals surface area contributed by atoms with E-state index in [2.05, 4.69) is 20.3 Å². The second-order valence-corrected chi connectivity index (χ2v) is 6.58. The number of hydrogen-bond donors (Lipinski definition) is 1. The van der Waals surface area contributed by atoms with E-state index in [1.165, 1.54) is 20.4 Å². The molecule has 27 heavy (non-hydrogen) atoms. The summed E-state index contributed by atoms with van der Waals surface area (Å²) >= 11 is 7.08. The molecule has 0 atom stereocenters. The summed E-state index contributed by atoms with van der Waals surface area (Å²) < 4.78 is 15.5. The van der Waals surface area contributed by atoms with Crippen LogP contribution in [0.5, 0.6) is 11.5 Å². The SMILES string of the molecule is CCCOc1c(C=N/N=C2/NC(=O)/C(=C\C(=O)OC)S2)cc(Cl)cc1OC. The van der Waals surface area contributed by atoms with Gasteiger partial charge in [-0.2, -0.15) is 5.10 Å². The molecule has 0 saturated carbocycles. The summed E-state index contributed by atoms with van der Waals surface area (Å²) in [6, 6.07) is 3.31. The van der Waals surface area contributed by atoms with Gasteiger partial charge in [0, 0.05) is 22.7 Å². The Morgan fingerprint density at radius 2 is 2.15 bits per heavy atom. The fourth-order valence-electron chi connectivity index (χ4n) is 1.98. The number of thioether (sulfide) groups is 1. The Labute approximate surface area is 165 Å². The number of amidine groups is 1. The van der Waals surface area contributed by atoms with E-state index in [4.69, 9.17) is 21.1 Å². The molecule has 1 fully saturated rings. The average molecular weight is 412 g/mol. The maximum absolute atomic E-state index is 11.8.